The van der Waals surface area contributed by atoms with Crippen molar-refractivity contribution in [3.05, 3.63) is 34.2 Å². The van der Waals surface area contributed by atoms with Crippen LogP contribution in [-0.2, 0) is 14.3 Å². The van der Waals surface area contributed by atoms with Gasteiger partial charge in [0.05, 0.1) is 12.3 Å². The number of hydrogen-bond donors (Lipinski definition) is 1. The number of para-hydroxylation sites is 1. The average Bonchev–Trinajstić information content (AvgIpc) is 2.37. The number of hydrogen-bond acceptors (Lipinski definition) is 4. The van der Waals surface area contributed by atoms with Crippen molar-refractivity contribution < 1.29 is 14.3 Å². The van der Waals surface area contributed by atoms with E-state index in [0.717, 1.165) is 16.7 Å². The number of anilines is 1. The highest BCUT2D eigenvalue weighted by molar-refractivity contribution is 8.04. The van der Waals surface area contributed by atoms with E-state index in [1.807, 2.05) is 18.2 Å². The number of carbonyl (C=O) groups is 2. The normalized spacial score (nSPS) is 16.7. The smallest absolute Gasteiger partial charge is 0.351 e. The summed E-state index contributed by atoms with van der Waals surface area (Å²) in [4.78, 5) is 24.3. The summed E-state index contributed by atoms with van der Waals surface area (Å²) in [6.45, 7) is 1.89. The second-order valence-corrected chi connectivity index (χ2v) is 4.85. The fraction of sp³-hybridized carbons (Fsp3) is 0.167. The van der Waals surface area contributed by atoms with Crippen LogP contribution in [0.1, 0.15) is 6.92 Å². The summed E-state index contributed by atoms with van der Waals surface area (Å²) < 4.78 is 4.77. The van der Waals surface area contributed by atoms with Gasteiger partial charge in [0.2, 0.25) is 0 Å². The van der Waals surface area contributed by atoms with Crippen LogP contribution in [0.2, 0.25) is 0 Å². The number of thioether (sulfide) groups is 1. The standard InChI is InChI=1S/C12H10ClNO3S/c1-2-17-12(16)9(13)10-11(15)14-7-5-3-4-6-8(7)18-10/h3-6H,2H2,1H3,(H,14,15)/b10-9-. The fourth-order valence-electron chi connectivity index (χ4n) is 1.43. The summed E-state index contributed by atoms with van der Waals surface area (Å²) in [6.07, 6.45) is 0. The molecule has 94 valence electrons. The Balaban J connectivity index is 2.34. The second-order valence-electron chi connectivity index (χ2n) is 3.42. The predicted octanol–water partition coefficient (Wildman–Crippen LogP) is 2.74. The Labute approximate surface area is 113 Å². The van der Waals surface area contributed by atoms with Crippen LogP contribution in [0.3, 0.4) is 0 Å². The van der Waals surface area contributed by atoms with Crippen LogP contribution in [-0.4, -0.2) is 18.5 Å². The fourth-order valence-corrected chi connectivity index (χ4v) is 2.59. The number of nitrogens with one attached hydrogen (secondary N) is 1. The molecule has 1 N–H and O–H groups in total. The number of ether oxygens (including phenoxy) is 1. The third-order valence-electron chi connectivity index (χ3n) is 2.21. The Kier molecular flexibility index (Phi) is 3.93. The van der Waals surface area contributed by atoms with Gasteiger partial charge in [0.15, 0.2) is 0 Å². The highest BCUT2D eigenvalue weighted by Gasteiger charge is 2.26. The molecule has 1 aromatic carbocycles. The van der Waals surface area contributed by atoms with E-state index in [1.165, 1.54) is 0 Å². The van der Waals surface area contributed by atoms with Gasteiger partial charge in [-0.1, -0.05) is 35.5 Å². The summed E-state index contributed by atoms with van der Waals surface area (Å²) in [5.74, 6) is -1.08. The zero-order valence-corrected chi connectivity index (χ0v) is 11.1. The molecule has 1 aliphatic rings. The zero-order valence-electron chi connectivity index (χ0n) is 9.53. The van der Waals surface area contributed by atoms with Gasteiger partial charge in [0, 0.05) is 4.90 Å². The van der Waals surface area contributed by atoms with Gasteiger partial charge >= 0.3 is 5.97 Å². The summed E-state index contributed by atoms with van der Waals surface area (Å²) in [6, 6.07) is 7.30. The maximum atomic E-state index is 11.8. The van der Waals surface area contributed by atoms with Crippen molar-refractivity contribution in [1.29, 1.82) is 0 Å². The topological polar surface area (TPSA) is 55.4 Å². The molecule has 0 saturated heterocycles. The lowest BCUT2D eigenvalue weighted by Crippen LogP contribution is -2.20. The first-order chi connectivity index (χ1) is 8.63. The van der Waals surface area contributed by atoms with Gasteiger partial charge in [-0.2, -0.15) is 0 Å². The van der Waals surface area contributed by atoms with Crippen molar-refractivity contribution >= 4 is 40.9 Å². The molecule has 18 heavy (non-hydrogen) atoms. The van der Waals surface area contributed by atoms with Crippen molar-refractivity contribution in [3.8, 4) is 0 Å². The van der Waals surface area contributed by atoms with Gasteiger partial charge in [0.1, 0.15) is 9.94 Å². The molecule has 0 aliphatic carbocycles. The SMILES string of the molecule is CCOC(=O)/C(Cl)=C1/Sc2ccccc2NC1=O. The van der Waals surface area contributed by atoms with Gasteiger partial charge in [-0.15, -0.1) is 0 Å². The molecular weight excluding hydrogens is 274 g/mol. The summed E-state index contributed by atoms with van der Waals surface area (Å²) in [7, 11) is 0. The first kappa shape index (κ1) is 13.0. The molecule has 0 saturated carbocycles. The molecule has 4 nitrogen and oxygen atoms in total. The highest BCUT2D eigenvalue weighted by Crippen LogP contribution is 2.40. The van der Waals surface area contributed by atoms with Crippen LogP contribution in [0.5, 0.6) is 0 Å². The average molecular weight is 284 g/mol. The number of amides is 1. The largest absolute Gasteiger partial charge is 0.462 e. The van der Waals surface area contributed by atoms with Gasteiger partial charge in [0.25, 0.3) is 5.91 Å². The maximum Gasteiger partial charge on any atom is 0.351 e. The van der Waals surface area contributed by atoms with E-state index in [2.05, 4.69) is 5.32 Å². The third kappa shape index (κ3) is 2.52. The van der Waals surface area contributed by atoms with Crippen molar-refractivity contribution in [2.24, 2.45) is 0 Å². The van der Waals surface area contributed by atoms with Crippen LogP contribution >= 0.6 is 23.4 Å². The number of rotatable bonds is 2. The van der Waals surface area contributed by atoms with E-state index in [-0.39, 0.29) is 16.5 Å². The van der Waals surface area contributed by atoms with Crippen LogP contribution in [0.4, 0.5) is 5.69 Å². The lowest BCUT2D eigenvalue weighted by atomic mass is 10.3. The van der Waals surface area contributed by atoms with Crippen LogP contribution in [0, 0.1) is 0 Å². The van der Waals surface area contributed by atoms with E-state index in [0.29, 0.717) is 5.69 Å². The second kappa shape index (κ2) is 5.46. The number of halogens is 1. The lowest BCUT2D eigenvalue weighted by molar-refractivity contribution is -0.137. The third-order valence-corrected chi connectivity index (χ3v) is 3.83. The summed E-state index contributed by atoms with van der Waals surface area (Å²) in [5, 5.41) is 2.49. The highest BCUT2D eigenvalue weighted by atomic mass is 35.5. The molecule has 1 amide bonds. The van der Waals surface area contributed by atoms with Crippen molar-refractivity contribution in [3.63, 3.8) is 0 Å². The Hall–Kier alpha value is -1.46. The first-order valence-corrected chi connectivity index (χ1v) is 6.48. The Bertz CT molecular complexity index is 542. The molecule has 1 aromatic rings. The molecule has 0 unspecified atom stereocenters. The lowest BCUT2D eigenvalue weighted by Gasteiger charge is -2.18. The van der Waals surface area contributed by atoms with Gasteiger partial charge in [-0.25, -0.2) is 4.79 Å². The predicted molar refractivity (Wildman–Crippen MR) is 70.4 cm³/mol. The van der Waals surface area contributed by atoms with Gasteiger partial charge in [-0.3, -0.25) is 4.79 Å². The monoisotopic (exact) mass is 283 g/mol. The zero-order chi connectivity index (χ0) is 13.1. The van der Waals surface area contributed by atoms with Crippen LogP contribution in [0.15, 0.2) is 39.1 Å². The van der Waals surface area contributed by atoms with E-state index < -0.39 is 11.9 Å². The minimum atomic E-state index is -0.684. The van der Waals surface area contributed by atoms with Crippen molar-refractivity contribution in [1.82, 2.24) is 0 Å². The van der Waals surface area contributed by atoms with Gasteiger partial charge in [-0.05, 0) is 19.1 Å². The summed E-state index contributed by atoms with van der Waals surface area (Å²) in [5.41, 5.74) is 0.713. The van der Waals surface area contributed by atoms with Crippen molar-refractivity contribution in [2.45, 2.75) is 11.8 Å². The van der Waals surface area contributed by atoms with Gasteiger partial charge < -0.3 is 10.1 Å². The minimum absolute atomic E-state index is 0.161. The Morgan fingerprint density at radius 2 is 2.17 bits per heavy atom. The molecule has 2 rings (SSSR count). The quantitative estimate of drug-likeness (QED) is 0.670. The molecule has 0 aromatic heterocycles. The number of fused-ring (bicyclic) bond motifs is 1. The summed E-state index contributed by atoms with van der Waals surface area (Å²) >= 11 is 7.04. The van der Waals surface area contributed by atoms with E-state index in [1.54, 1.807) is 13.0 Å². The Morgan fingerprint density at radius 1 is 1.44 bits per heavy atom. The first-order valence-electron chi connectivity index (χ1n) is 5.28. The van der Waals surface area contributed by atoms with Crippen LogP contribution < -0.4 is 5.32 Å². The number of carbonyl (C=O) groups excluding carboxylic acids is 2. The Morgan fingerprint density at radius 3 is 2.89 bits per heavy atom. The van der Waals surface area contributed by atoms with E-state index >= 15 is 0 Å². The molecule has 1 heterocycles. The molecular formula is C12H10ClNO3S. The van der Waals surface area contributed by atoms with Crippen LogP contribution in [0.25, 0.3) is 0 Å². The number of esters is 1. The minimum Gasteiger partial charge on any atom is -0.462 e. The number of benzene rings is 1. The van der Waals surface area contributed by atoms with E-state index in [9.17, 15) is 9.59 Å². The molecule has 0 radical (unpaired) electrons. The molecule has 0 bridgehead atoms. The maximum absolute atomic E-state index is 11.8. The molecule has 6 heteroatoms. The molecule has 0 atom stereocenters. The molecule has 0 spiro atoms. The van der Waals surface area contributed by atoms with E-state index in [4.69, 9.17) is 16.3 Å². The molecule has 0 fully saturated rings. The molecule has 1 aliphatic heterocycles. The van der Waals surface area contributed by atoms with Crippen molar-refractivity contribution in [2.75, 3.05) is 11.9 Å².